The van der Waals surface area contributed by atoms with Crippen molar-refractivity contribution in [2.45, 2.75) is 19.8 Å². The number of nitrogens with two attached hydrogens (primary N) is 1. The molecule has 0 amide bonds. The molecule has 142 valence electrons. The first kappa shape index (κ1) is 18.1. The second kappa shape index (κ2) is 7.05. The van der Waals surface area contributed by atoms with Crippen LogP contribution in [0.25, 0.3) is 32.8 Å². The Kier molecular flexibility index (Phi) is 4.57. The lowest BCUT2D eigenvalue weighted by Crippen LogP contribution is -2.10. The molecule has 4 rings (SSSR count). The Morgan fingerprint density at radius 3 is 2.61 bits per heavy atom. The third-order valence-electron chi connectivity index (χ3n) is 5.23. The standard InChI is InChI=1S/C22H22N4O2/c1-12(10-23)14-4-6-15(7-5-14)18-19-16-8-9-24-11-17(16)21(27)26-20(19)13(2)25-22(18)28-3/h4-9,11-12H,10,23H2,1-3H3,(H,26,27). The van der Waals surface area contributed by atoms with E-state index in [1.807, 2.05) is 25.1 Å². The van der Waals surface area contributed by atoms with Crippen molar-refractivity contribution in [3.8, 4) is 17.0 Å². The van der Waals surface area contributed by atoms with Crippen LogP contribution in [-0.2, 0) is 0 Å². The van der Waals surface area contributed by atoms with Gasteiger partial charge in [-0.1, -0.05) is 31.2 Å². The van der Waals surface area contributed by atoms with Gasteiger partial charge in [0.2, 0.25) is 5.88 Å². The summed E-state index contributed by atoms with van der Waals surface area (Å²) < 4.78 is 5.63. The molecule has 0 spiro atoms. The van der Waals surface area contributed by atoms with Crippen molar-refractivity contribution in [3.05, 3.63) is 64.3 Å². The molecule has 28 heavy (non-hydrogen) atoms. The highest BCUT2D eigenvalue weighted by Gasteiger charge is 2.19. The number of rotatable bonds is 4. The van der Waals surface area contributed by atoms with Gasteiger partial charge in [0.05, 0.1) is 29.3 Å². The van der Waals surface area contributed by atoms with Gasteiger partial charge in [0.15, 0.2) is 0 Å². The van der Waals surface area contributed by atoms with E-state index in [1.165, 1.54) is 5.56 Å². The molecule has 0 saturated carbocycles. The average molecular weight is 374 g/mol. The van der Waals surface area contributed by atoms with Crippen LogP contribution in [0.4, 0.5) is 0 Å². The summed E-state index contributed by atoms with van der Waals surface area (Å²) in [4.78, 5) is 24.2. The number of benzene rings is 1. The third-order valence-corrected chi connectivity index (χ3v) is 5.23. The molecule has 1 aromatic carbocycles. The van der Waals surface area contributed by atoms with E-state index in [-0.39, 0.29) is 11.5 Å². The summed E-state index contributed by atoms with van der Waals surface area (Å²) in [7, 11) is 1.61. The van der Waals surface area contributed by atoms with Crippen molar-refractivity contribution in [2.24, 2.45) is 5.73 Å². The summed E-state index contributed by atoms with van der Waals surface area (Å²) in [6.07, 6.45) is 3.28. The van der Waals surface area contributed by atoms with Gasteiger partial charge in [0.1, 0.15) is 0 Å². The van der Waals surface area contributed by atoms with Gasteiger partial charge in [-0.15, -0.1) is 0 Å². The van der Waals surface area contributed by atoms with E-state index in [2.05, 4.69) is 34.0 Å². The maximum absolute atomic E-state index is 12.5. The Labute approximate surface area is 162 Å². The average Bonchev–Trinajstić information content (AvgIpc) is 2.74. The highest BCUT2D eigenvalue weighted by atomic mass is 16.5. The number of ether oxygens (including phenoxy) is 1. The molecule has 0 aliphatic rings. The van der Waals surface area contributed by atoms with Gasteiger partial charge in [-0.2, -0.15) is 0 Å². The fourth-order valence-electron chi connectivity index (χ4n) is 3.60. The van der Waals surface area contributed by atoms with Gasteiger partial charge in [0.25, 0.3) is 5.56 Å². The number of H-pyrrole nitrogens is 1. The Hall–Kier alpha value is -3.25. The molecule has 1 atom stereocenters. The molecule has 6 nitrogen and oxygen atoms in total. The van der Waals surface area contributed by atoms with Crippen LogP contribution < -0.4 is 16.0 Å². The van der Waals surface area contributed by atoms with E-state index in [1.54, 1.807) is 19.5 Å². The van der Waals surface area contributed by atoms with Crippen LogP contribution in [0.5, 0.6) is 5.88 Å². The second-order valence-electron chi connectivity index (χ2n) is 6.97. The topological polar surface area (TPSA) is 93.9 Å². The van der Waals surface area contributed by atoms with Crippen molar-refractivity contribution >= 4 is 21.7 Å². The third kappa shape index (κ3) is 2.82. The fraction of sp³-hybridized carbons (Fsp3) is 0.227. The van der Waals surface area contributed by atoms with Crippen molar-refractivity contribution in [2.75, 3.05) is 13.7 Å². The molecule has 1 unspecified atom stereocenters. The number of aromatic nitrogens is 3. The Morgan fingerprint density at radius 2 is 1.93 bits per heavy atom. The summed E-state index contributed by atoms with van der Waals surface area (Å²) in [5.74, 6) is 0.807. The lowest BCUT2D eigenvalue weighted by Gasteiger charge is -2.16. The first-order valence-corrected chi connectivity index (χ1v) is 9.19. The summed E-state index contributed by atoms with van der Waals surface area (Å²) in [6.45, 7) is 4.56. The van der Waals surface area contributed by atoms with Gasteiger partial charge >= 0.3 is 0 Å². The van der Waals surface area contributed by atoms with Gasteiger partial charge in [-0.25, -0.2) is 4.98 Å². The second-order valence-corrected chi connectivity index (χ2v) is 6.97. The first-order chi connectivity index (χ1) is 13.5. The monoisotopic (exact) mass is 374 g/mol. The molecule has 0 aliphatic carbocycles. The first-order valence-electron chi connectivity index (χ1n) is 9.19. The Morgan fingerprint density at radius 1 is 1.18 bits per heavy atom. The van der Waals surface area contributed by atoms with E-state index in [0.717, 1.165) is 21.9 Å². The maximum Gasteiger partial charge on any atom is 0.257 e. The Balaban J connectivity index is 2.11. The zero-order chi connectivity index (χ0) is 19.8. The minimum Gasteiger partial charge on any atom is -0.481 e. The van der Waals surface area contributed by atoms with Crippen LogP contribution in [0.1, 0.15) is 24.1 Å². The number of methoxy groups -OCH3 is 1. The molecule has 3 heterocycles. The van der Waals surface area contributed by atoms with E-state index >= 15 is 0 Å². The maximum atomic E-state index is 12.5. The van der Waals surface area contributed by atoms with Crippen LogP contribution in [0.3, 0.4) is 0 Å². The molecule has 6 heteroatoms. The number of aryl methyl sites for hydroxylation is 1. The summed E-state index contributed by atoms with van der Waals surface area (Å²) >= 11 is 0. The van der Waals surface area contributed by atoms with Gasteiger partial charge < -0.3 is 15.5 Å². The number of nitrogens with one attached hydrogen (secondary N) is 1. The van der Waals surface area contributed by atoms with Crippen LogP contribution in [0.2, 0.25) is 0 Å². The van der Waals surface area contributed by atoms with E-state index in [4.69, 9.17) is 10.5 Å². The molecule has 3 N–H and O–H groups in total. The molecule has 0 bridgehead atoms. The molecule has 0 aliphatic heterocycles. The largest absolute Gasteiger partial charge is 0.481 e. The predicted octanol–water partition coefficient (Wildman–Crippen LogP) is 3.52. The van der Waals surface area contributed by atoms with Crippen LogP contribution >= 0.6 is 0 Å². The van der Waals surface area contributed by atoms with Gasteiger partial charge in [-0.3, -0.25) is 9.78 Å². The van der Waals surface area contributed by atoms with Crippen LogP contribution in [0, 0.1) is 6.92 Å². The van der Waals surface area contributed by atoms with E-state index in [9.17, 15) is 4.79 Å². The summed E-state index contributed by atoms with van der Waals surface area (Å²) in [5, 5.41) is 2.27. The number of hydrogen-bond acceptors (Lipinski definition) is 5. The molecule has 0 saturated heterocycles. The minimum atomic E-state index is -0.177. The quantitative estimate of drug-likeness (QED) is 0.533. The number of hydrogen-bond donors (Lipinski definition) is 2. The smallest absolute Gasteiger partial charge is 0.257 e. The minimum absolute atomic E-state index is 0.177. The number of pyridine rings is 3. The molecule has 0 radical (unpaired) electrons. The highest BCUT2D eigenvalue weighted by molar-refractivity contribution is 6.13. The number of fused-ring (bicyclic) bond motifs is 3. The van der Waals surface area contributed by atoms with Crippen molar-refractivity contribution in [1.82, 2.24) is 15.0 Å². The van der Waals surface area contributed by atoms with E-state index in [0.29, 0.717) is 29.0 Å². The summed E-state index contributed by atoms with van der Waals surface area (Å²) in [5.41, 5.74) is 10.0. The molecular formula is C22H22N4O2. The van der Waals surface area contributed by atoms with Gasteiger partial charge in [-0.05, 0) is 36.6 Å². The zero-order valence-electron chi connectivity index (χ0n) is 16.1. The van der Waals surface area contributed by atoms with Crippen molar-refractivity contribution < 1.29 is 4.74 Å². The molecule has 0 fully saturated rings. The normalized spacial score (nSPS) is 12.4. The Bertz CT molecular complexity index is 1230. The van der Waals surface area contributed by atoms with Crippen LogP contribution in [-0.4, -0.2) is 28.6 Å². The number of nitrogens with zero attached hydrogens (tertiary/aromatic N) is 2. The lowest BCUT2D eigenvalue weighted by atomic mass is 9.94. The fourth-order valence-corrected chi connectivity index (χ4v) is 3.60. The predicted molar refractivity (Wildman–Crippen MR) is 112 cm³/mol. The summed E-state index contributed by atoms with van der Waals surface area (Å²) in [6, 6.07) is 10.1. The van der Waals surface area contributed by atoms with Crippen molar-refractivity contribution in [1.29, 1.82) is 0 Å². The van der Waals surface area contributed by atoms with Crippen LogP contribution in [0.15, 0.2) is 47.5 Å². The van der Waals surface area contributed by atoms with Gasteiger partial charge in [0, 0.05) is 23.2 Å². The lowest BCUT2D eigenvalue weighted by molar-refractivity contribution is 0.399. The number of aromatic amines is 1. The molecule has 4 aromatic rings. The molecule has 3 aromatic heterocycles. The highest BCUT2D eigenvalue weighted by Crippen LogP contribution is 2.39. The van der Waals surface area contributed by atoms with Crippen molar-refractivity contribution in [3.63, 3.8) is 0 Å². The SMILES string of the molecule is COc1nc(C)c2[nH]c(=O)c3cnccc3c2c1-c1ccc(C(C)CN)cc1. The zero-order valence-corrected chi connectivity index (χ0v) is 16.1. The van der Waals surface area contributed by atoms with E-state index < -0.39 is 0 Å². The molecular weight excluding hydrogens is 352 g/mol.